The molecule has 120 valence electrons. The molecule has 3 nitrogen and oxygen atoms in total. The topological polar surface area (TPSA) is 55.1 Å². The van der Waals surface area contributed by atoms with E-state index in [-0.39, 0.29) is 16.9 Å². The van der Waals surface area contributed by atoms with Gasteiger partial charge in [0, 0.05) is 18.0 Å². The Bertz CT molecular complexity index is 420. The fourth-order valence-electron chi connectivity index (χ4n) is 5.63. The molecule has 0 aromatic carbocycles. The second kappa shape index (κ2) is 4.97. The summed E-state index contributed by atoms with van der Waals surface area (Å²) < 4.78 is 0. The van der Waals surface area contributed by atoms with E-state index in [9.17, 15) is 4.79 Å². The van der Waals surface area contributed by atoms with E-state index >= 15 is 0 Å². The Morgan fingerprint density at radius 2 is 1.81 bits per heavy atom. The van der Waals surface area contributed by atoms with Crippen LogP contribution in [0.1, 0.15) is 78.6 Å². The number of nitrogens with one attached hydrogen (secondary N) is 1. The van der Waals surface area contributed by atoms with Crippen molar-refractivity contribution in [1.29, 1.82) is 0 Å². The van der Waals surface area contributed by atoms with Gasteiger partial charge < -0.3 is 11.1 Å². The fraction of sp³-hybridized carbons (Fsp3) is 0.944. The largest absolute Gasteiger partial charge is 0.352 e. The van der Waals surface area contributed by atoms with Gasteiger partial charge in [-0.2, -0.15) is 0 Å². The molecule has 0 radical (unpaired) electrons. The molecule has 3 aliphatic rings. The van der Waals surface area contributed by atoms with Gasteiger partial charge in [-0.25, -0.2) is 0 Å². The first-order valence-corrected chi connectivity index (χ1v) is 8.84. The van der Waals surface area contributed by atoms with Crippen molar-refractivity contribution in [3.05, 3.63) is 0 Å². The zero-order valence-electron chi connectivity index (χ0n) is 14.0. The van der Waals surface area contributed by atoms with Gasteiger partial charge in [-0.05, 0) is 48.9 Å². The standard InChI is InChI=1S/C18H32N2O/c1-16(2)13-7-10-17(3,11-13)15(16)20-14(21)12-18(19)8-5-4-6-9-18/h13,15H,4-12,19H2,1-3H3,(H,20,21). The summed E-state index contributed by atoms with van der Waals surface area (Å²) in [6.45, 7) is 7.04. The molecule has 21 heavy (non-hydrogen) atoms. The van der Waals surface area contributed by atoms with Crippen LogP contribution in [-0.2, 0) is 4.79 Å². The third-order valence-corrected chi connectivity index (χ3v) is 6.94. The molecular weight excluding hydrogens is 260 g/mol. The lowest BCUT2D eigenvalue weighted by atomic mass is 9.68. The molecule has 3 atom stereocenters. The Balaban J connectivity index is 1.65. The number of carbonyl (C=O) groups is 1. The van der Waals surface area contributed by atoms with Gasteiger partial charge in [-0.15, -0.1) is 0 Å². The van der Waals surface area contributed by atoms with Gasteiger partial charge in [0.25, 0.3) is 0 Å². The molecule has 0 aliphatic heterocycles. The third-order valence-electron chi connectivity index (χ3n) is 6.94. The van der Waals surface area contributed by atoms with Gasteiger partial charge in [0.15, 0.2) is 0 Å². The summed E-state index contributed by atoms with van der Waals surface area (Å²) in [7, 11) is 0. The number of carbonyl (C=O) groups excluding carboxylic acids is 1. The number of amides is 1. The van der Waals surface area contributed by atoms with Crippen LogP contribution >= 0.6 is 0 Å². The van der Waals surface area contributed by atoms with E-state index < -0.39 is 0 Å². The van der Waals surface area contributed by atoms with Crippen molar-refractivity contribution in [2.75, 3.05) is 0 Å². The quantitative estimate of drug-likeness (QED) is 0.838. The second-order valence-corrected chi connectivity index (χ2v) is 9.02. The molecule has 3 unspecified atom stereocenters. The summed E-state index contributed by atoms with van der Waals surface area (Å²) >= 11 is 0. The highest BCUT2D eigenvalue weighted by Gasteiger charge is 2.59. The monoisotopic (exact) mass is 292 g/mol. The summed E-state index contributed by atoms with van der Waals surface area (Å²) in [6.07, 6.45) is 10.0. The number of hydrogen-bond acceptors (Lipinski definition) is 2. The zero-order valence-corrected chi connectivity index (χ0v) is 14.0. The van der Waals surface area contributed by atoms with E-state index in [1.807, 2.05) is 0 Å². The van der Waals surface area contributed by atoms with Gasteiger partial charge in [0.05, 0.1) is 0 Å². The number of hydrogen-bond donors (Lipinski definition) is 2. The predicted octanol–water partition coefficient (Wildman–Crippen LogP) is 3.37. The van der Waals surface area contributed by atoms with E-state index in [1.165, 1.54) is 38.5 Å². The molecule has 3 rings (SSSR count). The normalized spacial score (nSPS) is 40.2. The average Bonchev–Trinajstić information content (AvgIpc) is 2.86. The van der Waals surface area contributed by atoms with Gasteiger partial charge in [-0.1, -0.05) is 40.0 Å². The Hall–Kier alpha value is -0.570. The predicted molar refractivity (Wildman–Crippen MR) is 85.8 cm³/mol. The van der Waals surface area contributed by atoms with E-state index in [2.05, 4.69) is 26.1 Å². The fourth-order valence-corrected chi connectivity index (χ4v) is 5.63. The SMILES string of the molecule is CC12CCC(C1)C(C)(C)C2NC(=O)CC1(N)CCCCC1. The van der Waals surface area contributed by atoms with Crippen molar-refractivity contribution in [2.24, 2.45) is 22.5 Å². The van der Waals surface area contributed by atoms with Crippen molar-refractivity contribution in [1.82, 2.24) is 5.32 Å². The minimum absolute atomic E-state index is 0.186. The molecule has 0 aromatic rings. The summed E-state index contributed by atoms with van der Waals surface area (Å²) in [5.74, 6) is 0.959. The maximum absolute atomic E-state index is 12.6. The van der Waals surface area contributed by atoms with Crippen molar-refractivity contribution >= 4 is 5.91 Å². The molecule has 0 heterocycles. The van der Waals surface area contributed by atoms with Crippen LogP contribution in [-0.4, -0.2) is 17.5 Å². The molecule has 3 fully saturated rings. The molecule has 2 bridgehead atoms. The van der Waals surface area contributed by atoms with Gasteiger partial charge in [0.1, 0.15) is 0 Å². The van der Waals surface area contributed by atoms with Crippen LogP contribution in [0.25, 0.3) is 0 Å². The van der Waals surface area contributed by atoms with Crippen molar-refractivity contribution < 1.29 is 4.79 Å². The highest BCUT2D eigenvalue weighted by atomic mass is 16.1. The highest BCUT2D eigenvalue weighted by Crippen LogP contribution is 2.62. The summed E-state index contributed by atoms with van der Waals surface area (Å²) in [4.78, 5) is 12.6. The van der Waals surface area contributed by atoms with E-state index in [0.29, 0.717) is 17.9 Å². The Labute approximate surface area is 129 Å². The molecule has 3 saturated carbocycles. The lowest BCUT2D eigenvalue weighted by Gasteiger charge is -2.43. The first-order chi connectivity index (χ1) is 9.75. The lowest BCUT2D eigenvalue weighted by Crippen LogP contribution is -2.54. The summed E-state index contributed by atoms with van der Waals surface area (Å²) in [5.41, 5.74) is 6.74. The second-order valence-electron chi connectivity index (χ2n) is 9.02. The number of rotatable bonds is 3. The Morgan fingerprint density at radius 3 is 2.38 bits per heavy atom. The molecule has 0 saturated heterocycles. The number of fused-ring (bicyclic) bond motifs is 2. The summed E-state index contributed by atoms with van der Waals surface area (Å²) in [6, 6.07) is 0.323. The lowest BCUT2D eigenvalue weighted by molar-refractivity contribution is -0.125. The van der Waals surface area contributed by atoms with Gasteiger partial charge in [0.2, 0.25) is 5.91 Å². The molecule has 3 heteroatoms. The Morgan fingerprint density at radius 1 is 1.14 bits per heavy atom. The molecule has 1 amide bonds. The van der Waals surface area contributed by atoms with Crippen molar-refractivity contribution in [3.63, 3.8) is 0 Å². The van der Waals surface area contributed by atoms with E-state index in [1.54, 1.807) is 0 Å². The van der Waals surface area contributed by atoms with Crippen molar-refractivity contribution in [2.45, 2.75) is 90.1 Å². The van der Waals surface area contributed by atoms with Gasteiger partial charge >= 0.3 is 0 Å². The molecule has 0 aromatic heterocycles. The molecular formula is C18H32N2O. The third kappa shape index (κ3) is 2.62. The first-order valence-electron chi connectivity index (χ1n) is 8.84. The van der Waals surface area contributed by atoms with Crippen LogP contribution in [0.15, 0.2) is 0 Å². The van der Waals surface area contributed by atoms with Crippen LogP contribution in [0, 0.1) is 16.7 Å². The average molecular weight is 292 g/mol. The highest BCUT2D eigenvalue weighted by molar-refractivity contribution is 5.78. The maximum Gasteiger partial charge on any atom is 0.222 e. The van der Waals surface area contributed by atoms with Crippen LogP contribution in [0.3, 0.4) is 0 Å². The van der Waals surface area contributed by atoms with Crippen LogP contribution in [0.2, 0.25) is 0 Å². The minimum Gasteiger partial charge on any atom is -0.352 e. The smallest absolute Gasteiger partial charge is 0.222 e. The van der Waals surface area contributed by atoms with E-state index in [4.69, 9.17) is 5.73 Å². The first kappa shape index (κ1) is 15.3. The molecule has 3 N–H and O–H groups in total. The minimum atomic E-state index is -0.245. The molecule has 3 aliphatic carbocycles. The zero-order chi connectivity index (χ0) is 15.3. The van der Waals surface area contributed by atoms with Gasteiger partial charge in [-0.3, -0.25) is 4.79 Å². The molecule has 0 spiro atoms. The Kier molecular flexibility index (Phi) is 3.63. The van der Waals surface area contributed by atoms with E-state index in [0.717, 1.165) is 18.8 Å². The summed E-state index contributed by atoms with van der Waals surface area (Å²) in [5, 5.41) is 3.39. The maximum atomic E-state index is 12.6. The van der Waals surface area contributed by atoms with Crippen LogP contribution in [0.5, 0.6) is 0 Å². The van der Waals surface area contributed by atoms with Crippen LogP contribution < -0.4 is 11.1 Å². The van der Waals surface area contributed by atoms with Crippen molar-refractivity contribution in [3.8, 4) is 0 Å². The number of nitrogens with two attached hydrogens (primary N) is 1. The van der Waals surface area contributed by atoms with Crippen LogP contribution in [0.4, 0.5) is 0 Å².